The Kier molecular flexibility index (Phi) is 7.94. The molecule has 0 radical (unpaired) electrons. The van der Waals surface area contributed by atoms with Crippen LogP contribution < -0.4 is 4.90 Å². The van der Waals surface area contributed by atoms with E-state index in [1.54, 1.807) is 0 Å². The second kappa shape index (κ2) is 13.3. The van der Waals surface area contributed by atoms with Crippen molar-refractivity contribution >= 4 is 27.8 Å². The van der Waals surface area contributed by atoms with Gasteiger partial charge < -0.3 is 4.90 Å². The minimum atomic E-state index is -0.177. The van der Waals surface area contributed by atoms with Gasteiger partial charge in [-0.2, -0.15) is 0 Å². The number of benzene rings is 9. The van der Waals surface area contributed by atoms with Crippen LogP contribution in [0.15, 0.2) is 200 Å². The van der Waals surface area contributed by atoms with Gasteiger partial charge in [-0.05, 0) is 120 Å². The Labute approximate surface area is 347 Å². The molecule has 59 heavy (non-hydrogen) atoms. The van der Waals surface area contributed by atoms with Crippen LogP contribution in [0.5, 0.6) is 0 Å². The topological polar surface area (TPSA) is 3.24 Å². The molecule has 11 rings (SSSR count). The molecule has 0 atom stereocenters. The highest BCUT2D eigenvalue weighted by atomic mass is 15.1. The van der Waals surface area contributed by atoms with E-state index in [0.29, 0.717) is 0 Å². The second-order valence-corrected chi connectivity index (χ2v) is 17.3. The first-order chi connectivity index (χ1) is 28.8. The third-order valence-corrected chi connectivity index (χ3v) is 13.3. The van der Waals surface area contributed by atoms with E-state index in [1.807, 2.05) is 0 Å². The molecule has 0 amide bonds. The SMILES string of the molecule is CC1(C)c2ccccc2-c2ccc(-c3ccc(N(c4ccc(-c5ccccc5)cc4)c4cc5c(c6ccccc46)C(C)(C)c4cccc(-c6ccccc6)c4-5)cc3)cc21. The lowest BCUT2D eigenvalue weighted by Gasteiger charge is -2.30. The van der Waals surface area contributed by atoms with Crippen LogP contribution in [-0.4, -0.2) is 0 Å². The van der Waals surface area contributed by atoms with Crippen LogP contribution in [0, 0.1) is 0 Å². The fraction of sp³-hybridized carbons (Fsp3) is 0.103. The van der Waals surface area contributed by atoms with E-state index in [-0.39, 0.29) is 10.8 Å². The first-order valence-electron chi connectivity index (χ1n) is 20.8. The van der Waals surface area contributed by atoms with Crippen LogP contribution in [0.3, 0.4) is 0 Å². The van der Waals surface area contributed by atoms with Gasteiger partial charge in [0, 0.05) is 27.6 Å². The van der Waals surface area contributed by atoms with Gasteiger partial charge >= 0.3 is 0 Å². The van der Waals surface area contributed by atoms with Crippen molar-refractivity contribution in [1.82, 2.24) is 0 Å². The zero-order chi connectivity index (χ0) is 39.9. The van der Waals surface area contributed by atoms with Crippen molar-refractivity contribution in [3.63, 3.8) is 0 Å². The Hall–Kier alpha value is -6.96. The maximum atomic E-state index is 2.48. The number of rotatable bonds is 6. The van der Waals surface area contributed by atoms with Gasteiger partial charge in [-0.1, -0.05) is 191 Å². The smallest absolute Gasteiger partial charge is 0.0546 e. The molecular weight excluding hydrogens is 711 g/mol. The standard InChI is InChI=1S/C58H45N/c1-57(2)51-24-14-13-20-46(51)47-35-30-42(36-53(47)57)40-28-33-44(34-29-40)59(43-31-26-39(27-32-43)38-16-7-5-8-17-38)54-37-50-55-45(41-18-9-6-10-19-41)23-15-25-52(55)58(3,4)56(50)49-22-12-11-21-48(49)54/h5-37H,1-4H3. The summed E-state index contributed by atoms with van der Waals surface area (Å²) < 4.78 is 0. The van der Waals surface area contributed by atoms with Crippen molar-refractivity contribution in [2.75, 3.05) is 4.90 Å². The number of hydrogen-bond acceptors (Lipinski definition) is 1. The summed E-state index contributed by atoms with van der Waals surface area (Å²) in [6, 6.07) is 74.2. The van der Waals surface area contributed by atoms with Crippen LogP contribution >= 0.6 is 0 Å². The molecule has 0 aliphatic heterocycles. The average molecular weight is 756 g/mol. The summed E-state index contributed by atoms with van der Waals surface area (Å²) in [5.74, 6) is 0. The monoisotopic (exact) mass is 755 g/mol. The fourth-order valence-corrected chi connectivity index (χ4v) is 10.3. The van der Waals surface area contributed by atoms with Gasteiger partial charge in [0.2, 0.25) is 0 Å². The molecular formula is C58H45N. The van der Waals surface area contributed by atoms with Crippen molar-refractivity contribution in [1.29, 1.82) is 0 Å². The quantitative estimate of drug-likeness (QED) is 0.163. The van der Waals surface area contributed by atoms with E-state index < -0.39 is 0 Å². The van der Waals surface area contributed by atoms with E-state index in [2.05, 4.69) is 233 Å². The Morgan fingerprint density at radius 3 is 1.53 bits per heavy atom. The molecule has 0 aromatic heterocycles. The Balaban J connectivity index is 1.10. The summed E-state index contributed by atoms with van der Waals surface area (Å²) in [5, 5.41) is 2.54. The van der Waals surface area contributed by atoms with Crippen LogP contribution in [-0.2, 0) is 10.8 Å². The van der Waals surface area contributed by atoms with Crippen molar-refractivity contribution in [3.05, 3.63) is 222 Å². The van der Waals surface area contributed by atoms with E-state index in [1.165, 1.54) is 94.3 Å². The first kappa shape index (κ1) is 35.2. The summed E-state index contributed by atoms with van der Waals surface area (Å²) in [4.78, 5) is 2.47. The lowest BCUT2D eigenvalue weighted by atomic mass is 9.79. The molecule has 0 N–H and O–H groups in total. The Morgan fingerprint density at radius 2 is 0.831 bits per heavy atom. The largest absolute Gasteiger partial charge is 0.310 e. The normalized spacial score (nSPS) is 14.0. The fourth-order valence-electron chi connectivity index (χ4n) is 10.3. The average Bonchev–Trinajstić information content (AvgIpc) is 3.66. The lowest BCUT2D eigenvalue weighted by molar-refractivity contribution is 0.660. The van der Waals surface area contributed by atoms with Crippen molar-refractivity contribution in [3.8, 4) is 55.6 Å². The predicted molar refractivity (Wildman–Crippen MR) is 250 cm³/mol. The maximum Gasteiger partial charge on any atom is 0.0546 e. The molecule has 0 saturated heterocycles. The van der Waals surface area contributed by atoms with Crippen molar-refractivity contribution in [2.45, 2.75) is 38.5 Å². The van der Waals surface area contributed by atoms with E-state index in [9.17, 15) is 0 Å². The van der Waals surface area contributed by atoms with Crippen LogP contribution in [0.1, 0.15) is 49.9 Å². The van der Waals surface area contributed by atoms with Gasteiger partial charge in [0.05, 0.1) is 5.69 Å². The minimum Gasteiger partial charge on any atom is -0.310 e. The van der Waals surface area contributed by atoms with Gasteiger partial charge in [0.15, 0.2) is 0 Å². The summed E-state index contributed by atoms with van der Waals surface area (Å²) in [6.07, 6.45) is 0. The number of anilines is 3. The molecule has 282 valence electrons. The molecule has 2 aliphatic carbocycles. The van der Waals surface area contributed by atoms with Crippen LogP contribution in [0.2, 0.25) is 0 Å². The van der Waals surface area contributed by atoms with Gasteiger partial charge in [0.1, 0.15) is 0 Å². The summed E-state index contributed by atoms with van der Waals surface area (Å²) in [5.41, 5.74) is 21.5. The molecule has 9 aromatic rings. The molecule has 0 spiro atoms. The van der Waals surface area contributed by atoms with Gasteiger partial charge in [-0.3, -0.25) is 0 Å². The third-order valence-electron chi connectivity index (χ3n) is 13.3. The minimum absolute atomic E-state index is 0.0488. The molecule has 0 heterocycles. The Bertz CT molecular complexity index is 3060. The maximum absolute atomic E-state index is 2.48. The Morgan fingerprint density at radius 1 is 0.322 bits per heavy atom. The van der Waals surface area contributed by atoms with Crippen LogP contribution in [0.25, 0.3) is 66.4 Å². The van der Waals surface area contributed by atoms with E-state index >= 15 is 0 Å². The summed E-state index contributed by atoms with van der Waals surface area (Å²) >= 11 is 0. The van der Waals surface area contributed by atoms with Crippen molar-refractivity contribution in [2.24, 2.45) is 0 Å². The molecule has 2 aliphatic rings. The molecule has 0 saturated carbocycles. The van der Waals surface area contributed by atoms with Crippen molar-refractivity contribution < 1.29 is 0 Å². The molecule has 0 fully saturated rings. The molecule has 1 nitrogen and oxygen atoms in total. The molecule has 1 heteroatoms. The zero-order valence-corrected chi connectivity index (χ0v) is 34.0. The molecule has 0 unspecified atom stereocenters. The highest BCUT2D eigenvalue weighted by Gasteiger charge is 2.40. The van der Waals surface area contributed by atoms with Crippen LogP contribution in [0.4, 0.5) is 17.1 Å². The summed E-state index contributed by atoms with van der Waals surface area (Å²) in [7, 11) is 0. The number of fused-ring (bicyclic) bond motifs is 8. The number of hydrogen-bond donors (Lipinski definition) is 0. The third kappa shape index (κ3) is 5.45. The highest BCUT2D eigenvalue weighted by molar-refractivity contribution is 6.09. The van der Waals surface area contributed by atoms with E-state index in [0.717, 1.165) is 11.4 Å². The van der Waals surface area contributed by atoms with Gasteiger partial charge in [0.25, 0.3) is 0 Å². The summed E-state index contributed by atoms with van der Waals surface area (Å²) in [6.45, 7) is 9.51. The van der Waals surface area contributed by atoms with E-state index in [4.69, 9.17) is 0 Å². The van der Waals surface area contributed by atoms with Gasteiger partial charge in [-0.15, -0.1) is 0 Å². The molecule has 9 aromatic carbocycles. The predicted octanol–water partition coefficient (Wildman–Crippen LogP) is 15.9. The first-order valence-corrected chi connectivity index (χ1v) is 20.8. The number of nitrogens with zero attached hydrogens (tertiary/aromatic N) is 1. The highest BCUT2D eigenvalue weighted by Crippen LogP contribution is 2.57. The second-order valence-electron chi connectivity index (χ2n) is 17.3. The van der Waals surface area contributed by atoms with Gasteiger partial charge in [-0.25, -0.2) is 0 Å². The lowest BCUT2D eigenvalue weighted by Crippen LogP contribution is -2.16. The molecule has 0 bridgehead atoms. The zero-order valence-electron chi connectivity index (χ0n) is 34.0.